The van der Waals surface area contributed by atoms with Crippen molar-refractivity contribution in [1.82, 2.24) is 0 Å². The number of rotatable bonds is 2. The Morgan fingerprint density at radius 1 is 1.31 bits per heavy atom. The molecule has 1 nitrogen and oxygen atoms in total. The molecule has 1 heteroatoms. The van der Waals surface area contributed by atoms with Crippen LogP contribution in [-0.4, -0.2) is 10.7 Å². The van der Waals surface area contributed by atoms with E-state index in [4.69, 9.17) is 0 Å². The Bertz CT molecular complexity index is 303. The van der Waals surface area contributed by atoms with Crippen LogP contribution in [0.1, 0.15) is 17.5 Å². The molecule has 1 aliphatic rings. The zero-order chi connectivity index (χ0) is 9.31. The van der Waals surface area contributed by atoms with Crippen LogP contribution in [0.4, 0.5) is 0 Å². The molecule has 0 amide bonds. The van der Waals surface area contributed by atoms with Crippen molar-refractivity contribution >= 4 is 0 Å². The molecule has 0 fully saturated rings. The molecule has 13 heavy (non-hydrogen) atoms. The highest BCUT2D eigenvalue weighted by Crippen LogP contribution is 2.32. The smallest absolute Gasteiger partial charge is 0.0762 e. The fourth-order valence-electron chi connectivity index (χ4n) is 2.09. The van der Waals surface area contributed by atoms with E-state index in [9.17, 15) is 5.11 Å². The number of aliphatic hydroxyl groups is 1. The summed E-state index contributed by atoms with van der Waals surface area (Å²) in [5, 5.41) is 10.1. The Morgan fingerprint density at radius 2 is 1.85 bits per heavy atom. The van der Waals surface area contributed by atoms with E-state index in [1.54, 1.807) is 6.08 Å². The molecule has 2 rings (SSSR count). The van der Waals surface area contributed by atoms with Gasteiger partial charge in [0.1, 0.15) is 0 Å². The lowest BCUT2D eigenvalue weighted by Crippen LogP contribution is -2.28. The van der Waals surface area contributed by atoms with Gasteiger partial charge < -0.3 is 5.11 Å². The highest BCUT2D eigenvalue weighted by atomic mass is 16.3. The first kappa shape index (κ1) is 8.52. The van der Waals surface area contributed by atoms with Crippen LogP contribution < -0.4 is 0 Å². The van der Waals surface area contributed by atoms with Gasteiger partial charge in [0, 0.05) is 12.8 Å². The Balaban J connectivity index is 2.26. The van der Waals surface area contributed by atoms with Gasteiger partial charge in [-0.3, -0.25) is 0 Å². The minimum Gasteiger partial charge on any atom is -0.389 e. The number of fused-ring (bicyclic) bond motifs is 1. The summed E-state index contributed by atoms with van der Waals surface area (Å²) in [5.41, 5.74) is 2.00. The zero-order valence-electron chi connectivity index (χ0n) is 7.66. The van der Waals surface area contributed by atoms with Crippen molar-refractivity contribution in [3.05, 3.63) is 48.0 Å². The molecule has 0 atom stereocenters. The van der Waals surface area contributed by atoms with Crippen LogP contribution >= 0.6 is 0 Å². The Morgan fingerprint density at radius 3 is 2.31 bits per heavy atom. The fraction of sp³-hybridized carbons (Fsp3) is 0.333. The molecular weight excluding hydrogens is 160 g/mol. The van der Waals surface area contributed by atoms with E-state index in [0.29, 0.717) is 6.42 Å². The van der Waals surface area contributed by atoms with E-state index < -0.39 is 5.60 Å². The maximum Gasteiger partial charge on any atom is 0.0762 e. The predicted octanol–water partition coefficient (Wildman–Crippen LogP) is 2.09. The van der Waals surface area contributed by atoms with Gasteiger partial charge in [0.05, 0.1) is 5.60 Å². The second-order valence-corrected chi connectivity index (χ2v) is 3.84. The van der Waals surface area contributed by atoms with Gasteiger partial charge in [-0.05, 0) is 17.5 Å². The molecule has 0 bridgehead atoms. The van der Waals surface area contributed by atoms with Gasteiger partial charge in [-0.25, -0.2) is 0 Å². The average molecular weight is 174 g/mol. The molecule has 0 saturated carbocycles. The van der Waals surface area contributed by atoms with E-state index in [2.05, 4.69) is 18.7 Å². The van der Waals surface area contributed by atoms with E-state index in [0.717, 1.165) is 12.8 Å². The van der Waals surface area contributed by atoms with Gasteiger partial charge in [-0.2, -0.15) is 0 Å². The van der Waals surface area contributed by atoms with Crippen LogP contribution in [0.2, 0.25) is 0 Å². The second-order valence-electron chi connectivity index (χ2n) is 3.84. The number of hydrogen-bond acceptors (Lipinski definition) is 1. The molecule has 1 N–H and O–H groups in total. The van der Waals surface area contributed by atoms with Crippen molar-refractivity contribution in [2.45, 2.75) is 24.9 Å². The van der Waals surface area contributed by atoms with Crippen LogP contribution in [0.3, 0.4) is 0 Å². The third-order valence-corrected chi connectivity index (χ3v) is 2.68. The first-order valence-corrected chi connectivity index (χ1v) is 4.64. The Kier molecular flexibility index (Phi) is 1.97. The predicted molar refractivity (Wildman–Crippen MR) is 53.6 cm³/mol. The maximum atomic E-state index is 10.1. The lowest BCUT2D eigenvalue weighted by molar-refractivity contribution is 0.0547. The summed E-state index contributed by atoms with van der Waals surface area (Å²) < 4.78 is 0. The second kappa shape index (κ2) is 3.00. The summed E-state index contributed by atoms with van der Waals surface area (Å²) in [7, 11) is 0. The third-order valence-electron chi connectivity index (χ3n) is 2.68. The highest BCUT2D eigenvalue weighted by Gasteiger charge is 2.33. The van der Waals surface area contributed by atoms with Gasteiger partial charge in [0.2, 0.25) is 0 Å². The van der Waals surface area contributed by atoms with Crippen LogP contribution in [0, 0.1) is 0 Å². The molecule has 0 aromatic heterocycles. The third kappa shape index (κ3) is 1.52. The largest absolute Gasteiger partial charge is 0.389 e. The fourth-order valence-corrected chi connectivity index (χ4v) is 2.09. The van der Waals surface area contributed by atoms with E-state index >= 15 is 0 Å². The lowest BCUT2D eigenvalue weighted by Gasteiger charge is -2.19. The number of benzene rings is 1. The SMILES string of the molecule is C=CCC1(O)Cc2ccccc2C1. The van der Waals surface area contributed by atoms with E-state index in [-0.39, 0.29) is 0 Å². The van der Waals surface area contributed by atoms with Crippen LogP contribution in [0.25, 0.3) is 0 Å². The standard InChI is InChI=1S/C12H14O/c1-2-7-12(13)8-10-5-3-4-6-11(10)9-12/h2-6,13H,1,7-9H2. The van der Waals surface area contributed by atoms with Crippen LogP contribution in [0.15, 0.2) is 36.9 Å². The Hall–Kier alpha value is -1.08. The Labute approximate surface area is 78.7 Å². The van der Waals surface area contributed by atoms with Gasteiger partial charge in [-0.1, -0.05) is 30.3 Å². The average Bonchev–Trinajstić information content (AvgIpc) is 2.40. The number of hydrogen-bond donors (Lipinski definition) is 1. The molecule has 68 valence electrons. The molecule has 0 aliphatic heterocycles. The quantitative estimate of drug-likeness (QED) is 0.681. The highest BCUT2D eigenvalue weighted by molar-refractivity contribution is 5.35. The summed E-state index contributed by atoms with van der Waals surface area (Å²) in [6, 6.07) is 8.24. The summed E-state index contributed by atoms with van der Waals surface area (Å²) in [4.78, 5) is 0. The van der Waals surface area contributed by atoms with E-state index in [1.165, 1.54) is 11.1 Å². The van der Waals surface area contributed by atoms with Crippen molar-refractivity contribution in [3.63, 3.8) is 0 Å². The first-order valence-electron chi connectivity index (χ1n) is 4.64. The molecule has 0 spiro atoms. The minimum atomic E-state index is -0.564. The topological polar surface area (TPSA) is 20.2 Å². The van der Waals surface area contributed by atoms with Crippen molar-refractivity contribution in [1.29, 1.82) is 0 Å². The lowest BCUT2D eigenvalue weighted by atomic mass is 9.96. The van der Waals surface area contributed by atoms with Crippen LogP contribution in [-0.2, 0) is 12.8 Å². The van der Waals surface area contributed by atoms with Crippen molar-refractivity contribution in [2.24, 2.45) is 0 Å². The van der Waals surface area contributed by atoms with Gasteiger partial charge >= 0.3 is 0 Å². The molecule has 0 radical (unpaired) electrons. The maximum absolute atomic E-state index is 10.1. The molecule has 0 saturated heterocycles. The van der Waals surface area contributed by atoms with Gasteiger partial charge in [0.25, 0.3) is 0 Å². The molecule has 0 heterocycles. The molecule has 0 unspecified atom stereocenters. The van der Waals surface area contributed by atoms with Gasteiger partial charge in [-0.15, -0.1) is 6.58 Å². The summed E-state index contributed by atoms with van der Waals surface area (Å²) in [5.74, 6) is 0. The molecule has 1 aromatic carbocycles. The van der Waals surface area contributed by atoms with Crippen LogP contribution in [0.5, 0.6) is 0 Å². The summed E-state index contributed by atoms with van der Waals surface area (Å²) >= 11 is 0. The monoisotopic (exact) mass is 174 g/mol. The van der Waals surface area contributed by atoms with Gasteiger partial charge in [0.15, 0.2) is 0 Å². The molecule has 1 aromatic rings. The normalized spacial score (nSPS) is 18.2. The van der Waals surface area contributed by atoms with Crippen molar-refractivity contribution in [2.75, 3.05) is 0 Å². The minimum absolute atomic E-state index is 0.564. The van der Waals surface area contributed by atoms with E-state index in [1.807, 2.05) is 12.1 Å². The zero-order valence-corrected chi connectivity index (χ0v) is 7.66. The summed E-state index contributed by atoms with van der Waals surface area (Å²) in [6.45, 7) is 3.67. The summed E-state index contributed by atoms with van der Waals surface area (Å²) in [6.07, 6.45) is 4.03. The first-order chi connectivity index (χ1) is 6.23. The molecular formula is C12H14O. The molecule has 1 aliphatic carbocycles. The van der Waals surface area contributed by atoms with Crippen molar-refractivity contribution in [3.8, 4) is 0 Å². The van der Waals surface area contributed by atoms with Crippen molar-refractivity contribution < 1.29 is 5.11 Å².